The maximum atomic E-state index is 11.6. The molecule has 4 aliphatic carbocycles. The van der Waals surface area contributed by atoms with Crippen molar-refractivity contribution in [2.75, 3.05) is 0 Å². The lowest BCUT2D eigenvalue weighted by Gasteiger charge is -2.57. The molecule has 4 aliphatic rings. The van der Waals surface area contributed by atoms with Crippen molar-refractivity contribution in [3.63, 3.8) is 0 Å². The summed E-state index contributed by atoms with van der Waals surface area (Å²) in [4.78, 5) is 11.6. The third-order valence-corrected chi connectivity index (χ3v) is 7.89. The number of carbonyl (C=O) groups is 1. The summed E-state index contributed by atoms with van der Waals surface area (Å²) < 4.78 is 0. The first-order valence-electron chi connectivity index (χ1n) is 9.18. The summed E-state index contributed by atoms with van der Waals surface area (Å²) >= 11 is 0. The van der Waals surface area contributed by atoms with Crippen LogP contribution in [0, 0.1) is 28.6 Å². The zero-order valence-corrected chi connectivity index (χ0v) is 14.2. The van der Waals surface area contributed by atoms with E-state index in [1.165, 1.54) is 5.57 Å². The Morgan fingerprint density at radius 3 is 2.57 bits per heavy atom. The van der Waals surface area contributed by atoms with Crippen molar-refractivity contribution in [1.82, 2.24) is 0 Å². The number of aliphatic hydroxyl groups is 1. The molecule has 0 aromatic carbocycles. The third-order valence-electron chi connectivity index (χ3n) is 7.89. The fourth-order valence-corrected chi connectivity index (χ4v) is 6.54. The molecule has 3 nitrogen and oxygen atoms in total. The number of hydrogen-bond acceptors (Lipinski definition) is 2. The molecule has 0 amide bonds. The highest BCUT2D eigenvalue weighted by molar-refractivity contribution is 5.89. The molecule has 23 heavy (non-hydrogen) atoms. The Bertz CT molecular complexity index is 604. The van der Waals surface area contributed by atoms with Crippen molar-refractivity contribution >= 4 is 5.97 Å². The molecular weight excluding hydrogens is 288 g/mol. The lowest BCUT2D eigenvalue weighted by atomic mass is 9.47. The molecule has 2 N–H and O–H groups in total. The summed E-state index contributed by atoms with van der Waals surface area (Å²) in [6.45, 7) is 4.59. The predicted octanol–water partition coefficient (Wildman–Crippen LogP) is 3.93. The topological polar surface area (TPSA) is 57.5 Å². The standard InChI is InChI=1S/C20H28O3/c1-19-9-7-13(21)11-12(19)3-4-14-15-5-6-17(18(22)23)20(15,2)10-8-16(14)19/h3,6,13-16,21H,4-5,7-11H2,1-2H3,(H,22,23)/t13-,14-,15-,16-,19-,20-/m0/s1. The monoisotopic (exact) mass is 316 g/mol. The summed E-state index contributed by atoms with van der Waals surface area (Å²) in [6, 6.07) is 0. The molecule has 4 rings (SSSR count). The Morgan fingerprint density at radius 1 is 1.09 bits per heavy atom. The summed E-state index contributed by atoms with van der Waals surface area (Å²) in [6.07, 6.45) is 11.2. The van der Waals surface area contributed by atoms with Crippen LogP contribution in [0.3, 0.4) is 0 Å². The van der Waals surface area contributed by atoms with E-state index in [1.807, 2.05) is 6.08 Å². The summed E-state index contributed by atoms with van der Waals surface area (Å²) in [7, 11) is 0. The number of carboxylic acids is 1. The molecule has 6 atom stereocenters. The van der Waals surface area contributed by atoms with Gasteiger partial charge >= 0.3 is 5.97 Å². The van der Waals surface area contributed by atoms with Crippen molar-refractivity contribution in [2.45, 2.75) is 64.9 Å². The van der Waals surface area contributed by atoms with E-state index < -0.39 is 5.97 Å². The molecule has 0 spiro atoms. The van der Waals surface area contributed by atoms with E-state index in [2.05, 4.69) is 19.9 Å². The highest BCUT2D eigenvalue weighted by Crippen LogP contribution is 2.64. The van der Waals surface area contributed by atoms with Gasteiger partial charge < -0.3 is 10.2 Å². The molecule has 0 radical (unpaired) electrons. The minimum absolute atomic E-state index is 0.136. The number of carboxylic acid groups (broad SMARTS) is 1. The van der Waals surface area contributed by atoms with Gasteiger partial charge in [-0.05, 0) is 68.1 Å². The molecule has 126 valence electrons. The van der Waals surface area contributed by atoms with Gasteiger partial charge in [-0.3, -0.25) is 0 Å². The Labute approximate surface area is 138 Å². The number of hydrogen-bond donors (Lipinski definition) is 2. The Kier molecular flexibility index (Phi) is 3.32. The van der Waals surface area contributed by atoms with Crippen LogP contribution >= 0.6 is 0 Å². The van der Waals surface area contributed by atoms with Gasteiger partial charge in [-0.1, -0.05) is 31.6 Å². The second-order valence-corrected chi connectivity index (χ2v) is 8.77. The lowest BCUT2D eigenvalue weighted by Crippen LogP contribution is -2.50. The number of aliphatic hydroxyl groups excluding tert-OH is 1. The van der Waals surface area contributed by atoms with Gasteiger partial charge in [0.2, 0.25) is 0 Å². The van der Waals surface area contributed by atoms with Crippen LogP contribution in [0.5, 0.6) is 0 Å². The van der Waals surface area contributed by atoms with Crippen LogP contribution in [0.25, 0.3) is 0 Å². The van der Waals surface area contributed by atoms with E-state index in [4.69, 9.17) is 0 Å². The normalized spacial score (nSPS) is 48.7. The van der Waals surface area contributed by atoms with E-state index >= 15 is 0 Å². The fourth-order valence-electron chi connectivity index (χ4n) is 6.54. The maximum Gasteiger partial charge on any atom is 0.331 e. The Morgan fingerprint density at radius 2 is 1.83 bits per heavy atom. The van der Waals surface area contributed by atoms with E-state index in [9.17, 15) is 15.0 Å². The average Bonchev–Trinajstić information content (AvgIpc) is 2.85. The lowest BCUT2D eigenvalue weighted by molar-refractivity contribution is -0.135. The number of fused-ring (bicyclic) bond motifs is 5. The van der Waals surface area contributed by atoms with Crippen LogP contribution in [-0.2, 0) is 4.79 Å². The molecule has 0 aromatic rings. The van der Waals surface area contributed by atoms with Crippen molar-refractivity contribution in [3.05, 3.63) is 23.3 Å². The van der Waals surface area contributed by atoms with Crippen LogP contribution in [0.1, 0.15) is 58.8 Å². The summed E-state index contributed by atoms with van der Waals surface area (Å²) in [5.41, 5.74) is 2.24. The Hall–Kier alpha value is -1.09. The predicted molar refractivity (Wildman–Crippen MR) is 88.8 cm³/mol. The molecule has 0 aromatic heterocycles. The minimum atomic E-state index is -0.715. The van der Waals surface area contributed by atoms with Gasteiger partial charge in [0.1, 0.15) is 0 Å². The van der Waals surface area contributed by atoms with Crippen molar-refractivity contribution < 1.29 is 15.0 Å². The molecule has 0 bridgehead atoms. The molecule has 0 saturated heterocycles. The van der Waals surface area contributed by atoms with Gasteiger partial charge in [-0.2, -0.15) is 0 Å². The second kappa shape index (κ2) is 4.95. The van der Waals surface area contributed by atoms with Crippen LogP contribution in [-0.4, -0.2) is 22.3 Å². The first-order chi connectivity index (χ1) is 10.9. The third kappa shape index (κ3) is 2.02. The second-order valence-electron chi connectivity index (χ2n) is 8.77. The molecule has 0 aliphatic heterocycles. The first kappa shape index (κ1) is 15.4. The van der Waals surface area contributed by atoms with Gasteiger partial charge in [-0.15, -0.1) is 0 Å². The highest BCUT2D eigenvalue weighted by atomic mass is 16.4. The van der Waals surface area contributed by atoms with Gasteiger partial charge in [0.15, 0.2) is 0 Å². The average molecular weight is 316 g/mol. The maximum absolute atomic E-state index is 11.6. The van der Waals surface area contributed by atoms with E-state index in [0.717, 1.165) is 44.9 Å². The van der Waals surface area contributed by atoms with E-state index in [-0.39, 0.29) is 16.9 Å². The van der Waals surface area contributed by atoms with Crippen molar-refractivity contribution in [3.8, 4) is 0 Å². The zero-order chi connectivity index (χ0) is 16.4. The quantitative estimate of drug-likeness (QED) is 0.721. The van der Waals surface area contributed by atoms with Gasteiger partial charge in [0.25, 0.3) is 0 Å². The van der Waals surface area contributed by atoms with E-state index in [1.54, 1.807) is 0 Å². The largest absolute Gasteiger partial charge is 0.478 e. The van der Waals surface area contributed by atoms with Gasteiger partial charge in [0, 0.05) is 11.0 Å². The number of rotatable bonds is 1. The molecule has 2 saturated carbocycles. The number of aliphatic carboxylic acids is 1. The first-order valence-corrected chi connectivity index (χ1v) is 9.18. The molecular formula is C20H28O3. The molecule has 2 fully saturated rings. The highest BCUT2D eigenvalue weighted by Gasteiger charge is 2.57. The van der Waals surface area contributed by atoms with E-state index in [0.29, 0.717) is 23.3 Å². The summed E-state index contributed by atoms with van der Waals surface area (Å²) in [5, 5.41) is 19.6. The van der Waals surface area contributed by atoms with Crippen LogP contribution in [0.4, 0.5) is 0 Å². The number of allylic oxidation sites excluding steroid dienone is 2. The van der Waals surface area contributed by atoms with Crippen LogP contribution in [0.15, 0.2) is 23.3 Å². The van der Waals surface area contributed by atoms with Gasteiger partial charge in [-0.25, -0.2) is 4.79 Å². The zero-order valence-electron chi connectivity index (χ0n) is 14.2. The van der Waals surface area contributed by atoms with Crippen LogP contribution < -0.4 is 0 Å². The van der Waals surface area contributed by atoms with Crippen LogP contribution in [0.2, 0.25) is 0 Å². The smallest absolute Gasteiger partial charge is 0.331 e. The fraction of sp³-hybridized carbons (Fsp3) is 0.750. The summed E-state index contributed by atoms with van der Waals surface area (Å²) in [5.74, 6) is 1.03. The van der Waals surface area contributed by atoms with Crippen molar-refractivity contribution in [1.29, 1.82) is 0 Å². The minimum Gasteiger partial charge on any atom is -0.478 e. The van der Waals surface area contributed by atoms with Crippen molar-refractivity contribution in [2.24, 2.45) is 28.6 Å². The van der Waals surface area contributed by atoms with Gasteiger partial charge in [0.05, 0.1) is 6.10 Å². The Balaban J connectivity index is 1.67. The molecule has 0 unspecified atom stereocenters. The molecule has 0 heterocycles. The molecule has 3 heteroatoms. The SMILES string of the molecule is C[C@]12CC[C@H](O)CC1=CC[C@@H]1[C@@H]2CC[C@]2(C)C(C(=O)O)=CC[C@@H]12.